The lowest BCUT2D eigenvalue weighted by Gasteiger charge is -2.36. The summed E-state index contributed by atoms with van der Waals surface area (Å²) in [7, 11) is 6.01. The van der Waals surface area contributed by atoms with Crippen molar-refractivity contribution in [3.63, 3.8) is 0 Å². The van der Waals surface area contributed by atoms with Crippen LogP contribution in [0.4, 0.5) is 0 Å². The van der Waals surface area contributed by atoms with Crippen molar-refractivity contribution < 1.29 is 9.47 Å². The minimum absolute atomic E-state index is 0.359. The monoisotopic (exact) mass is 625 g/mol. The molecule has 3 aromatic heterocycles. The molecule has 0 fully saturated rings. The quantitative estimate of drug-likeness (QED) is 0.166. The maximum atomic E-state index is 6.61. The summed E-state index contributed by atoms with van der Waals surface area (Å²) in [5.74, 6) is 3.96. The van der Waals surface area contributed by atoms with Gasteiger partial charge >= 0.3 is 0 Å². The number of aromatic nitrogens is 4. The molecule has 47 heavy (non-hydrogen) atoms. The Labute approximate surface area is 277 Å². The molecule has 7 nitrogen and oxygen atoms in total. The minimum Gasteiger partial charge on any atom is -0.497 e. The molecule has 3 atom stereocenters. The molecule has 0 N–H and O–H groups in total. The molecule has 0 amide bonds. The lowest BCUT2D eigenvalue weighted by atomic mass is 9.73. The van der Waals surface area contributed by atoms with Crippen molar-refractivity contribution in [1.82, 2.24) is 24.2 Å². The van der Waals surface area contributed by atoms with Crippen LogP contribution in [0.5, 0.6) is 17.2 Å². The number of rotatable bonds is 7. The third kappa shape index (κ3) is 5.48. The first kappa shape index (κ1) is 30.8. The van der Waals surface area contributed by atoms with Gasteiger partial charge in [-0.3, -0.25) is 4.57 Å². The Bertz CT molecular complexity index is 2150. The van der Waals surface area contributed by atoms with Crippen molar-refractivity contribution in [1.29, 1.82) is 0 Å². The molecular weight excluding hydrogens is 582 g/mol. The van der Waals surface area contributed by atoms with Crippen LogP contribution in [0.25, 0.3) is 33.3 Å². The van der Waals surface area contributed by atoms with E-state index >= 15 is 0 Å². The number of aryl methyl sites for hydroxylation is 2. The molecule has 0 saturated heterocycles. The summed E-state index contributed by atoms with van der Waals surface area (Å²) in [6.07, 6.45) is 5.36. The number of hydrogen-bond acceptors (Lipinski definition) is 5. The number of hydrogen-bond donors (Lipinski definition) is 0. The molecule has 7 rings (SSSR count). The Balaban J connectivity index is 1.26. The summed E-state index contributed by atoms with van der Waals surface area (Å²) >= 11 is 0. The SMILES string of the molecule is COc1ccnc(-n2c3ccccc3c3ccc(Oc4cc(C)cc(-n5nc(C)c(C6C(C)=C[C@H](N(C)C)C[C@@H]6C)c5C)c4)cc32)c1. The van der Waals surface area contributed by atoms with Gasteiger partial charge in [-0.25, -0.2) is 9.67 Å². The van der Waals surface area contributed by atoms with E-state index in [1.807, 2.05) is 18.2 Å². The minimum atomic E-state index is 0.359. The van der Waals surface area contributed by atoms with Gasteiger partial charge in [0.25, 0.3) is 0 Å². The highest BCUT2D eigenvalue weighted by atomic mass is 16.5. The number of fused-ring (bicyclic) bond motifs is 3. The van der Waals surface area contributed by atoms with E-state index < -0.39 is 0 Å². The van der Waals surface area contributed by atoms with Crippen LogP contribution in [0.15, 0.2) is 90.6 Å². The van der Waals surface area contributed by atoms with Crippen molar-refractivity contribution in [2.45, 2.75) is 53.0 Å². The van der Waals surface area contributed by atoms with Gasteiger partial charge in [-0.1, -0.05) is 36.8 Å². The number of para-hydroxylation sites is 1. The van der Waals surface area contributed by atoms with Crippen LogP contribution in [0, 0.1) is 26.7 Å². The van der Waals surface area contributed by atoms with Crippen LogP contribution in [0.1, 0.15) is 48.7 Å². The summed E-state index contributed by atoms with van der Waals surface area (Å²) in [5, 5.41) is 7.39. The number of nitrogens with zero attached hydrogens (tertiary/aromatic N) is 5. The molecule has 3 heterocycles. The van der Waals surface area contributed by atoms with Crippen molar-refractivity contribution in [3.05, 3.63) is 113 Å². The number of pyridine rings is 1. The Morgan fingerprint density at radius 2 is 1.62 bits per heavy atom. The van der Waals surface area contributed by atoms with Crippen LogP contribution in [-0.2, 0) is 0 Å². The molecule has 0 bridgehead atoms. The topological polar surface area (TPSA) is 57.3 Å². The molecule has 1 aliphatic rings. The van der Waals surface area contributed by atoms with Gasteiger partial charge in [-0.05, 0) is 96.1 Å². The van der Waals surface area contributed by atoms with Crippen LogP contribution in [0.3, 0.4) is 0 Å². The molecule has 1 aliphatic carbocycles. The second-order valence-electron chi connectivity index (χ2n) is 13.3. The van der Waals surface area contributed by atoms with Crippen molar-refractivity contribution in [3.8, 4) is 28.8 Å². The van der Waals surface area contributed by atoms with Crippen molar-refractivity contribution in [2.24, 2.45) is 5.92 Å². The third-order valence-electron chi connectivity index (χ3n) is 9.79. The number of likely N-dealkylation sites (N-methyl/N-ethyl adjacent to an activating group) is 1. The lowest BCUT2D eigenvalue weighted by Crippen LogP contribution is -2.33. The van der Waals surface area contributed by atoms with E-state index in [1.165, 1.54) is 16.8 Å². The van der Waals surface area contributed by atoms with Gasteiger partial charge < -0.3 is 14.4 Å². The van der Waals surface area contributed by atoms with E-state index in [9.17, 15) is 0 Å². The van der Waals surface area contributed by atoms with Gasteiger partial charge in [0, 0.05) is 58.4 Å². The summed E-state index contributed by atoms with van der Waals surface area (Å²) < 4.78 is 16.4. The van der Waals surface area contributed by atoms with Crippen molar-refractivity contribution in [2.75, 3.05) is 21.2 Å². The number of ether oxygens (including phenoxy) is 2. The number of allylic oxidation sites excluding steroid dienone is 1. The highest BCUT2D eigenvalue weighted by molar-refractivity contribution is 6.09. The molecule has 3 aromatic carbocycles. The highest BCUT2D eigenvalue weighted by Crippen LogP contribution is 2.42. The van der Waals surface area contributed by atoms with Crippen LogP contribution >= 0.6 is 0 Å². The Hall–Kier alpha value is -4.88. The first-order valence-electron chi connectivity index (χ1n) is 16.4. The lowest BCUT2D eigenvalue weighted by molar-refractivity contribution is 0.266. The Morgan fingerprint density at radius 3 is 2.38 bits per heavy atom. The predicted octanol–water partition coefficient (Wildman–Crippen LogP) is 9.09. The van der Waals surface area contributed by atoms with E-state index in [4.69, 9.17) is 19.6 Å². The van der Waals surface area contributed by atoms with Gasteiger partial charge in [0.1, 0.15) is 23.1 Å². The molecule has 0 saturated carbocycles. The van der Waals surface area contributed by atoms with Crippen LogP contribution in [-0.4, -0.2) is 51.5 Å². The molecule has 7 heteroatoms. The Kier molecular flexibility index (Phi) is 7.88. The third-order valence-corrected chi connectivity index (χ3v) is 9.79. The normalized spacial score (nSPS) is 18.2. The number of benzene rings is 3. The first-order chi connectivity index (χ1) is 22.6. The molecule has 240 valence electrons. The second kappa shape index (κ2) is 12.0. The van der Waals surface area contributed by atoms with E-state index in [2.05, 4.69) is 124 Å². The van der Waals surface area contributed by atoms with Gasteiger partial charge in [-0.2, -0.15) is 5.10 Å². The van der Waals surface area contributed by atoms with E-state index in [0.29, 0.717) is 17.9 Å². The van der Waals surface area contributed by atoms with Crippen LogP contribution < -0.4 is 9.47 Å². The molecule has 1 unspecified atom stereocenters. The zero-order chi connectivity index (χ0) is 33.0. The maximum Gasteiger partial charge on any atom is 0.141 e. The first-order valence-corrected chi connectivity index (χ1v) is 16.4. The van der Waals surface area contributed by atoms with Gasteiger partial charge in [0.15, 0.2) is 0 Å². The summed E-state index contributed by atoms with van der Waals surface area (Å²) in [4.78, 5) is 7.02. The highest BCUT2D eigenvalue weighted by Gasteiger charge is 2.33. The van der Waals surface area contributed by atoms with E-state index in [1.54, 1.807) is 13.3 Å². The predicted molar refractivity (Wildman–Crippen MR) is 191 cm³/mol. The molecular formula is C40H43N5O2. The zero-order valence-corrected chi connectivity index (χ0v) is 28.6. The number of methoxy groups -OCH3 is 1. The van der Waals surface area contributed by atoms with E-state index in [-0.39, 0.29) is 0 Å². The molecule has 0 spiro atoms. The van der Waals surface area contributed by atoms with Gasteiger partial charge in [0.05, 0.1) is 29.5 Å². The fourth-order valence-corrected chi connectivity index (χ4v) is 7.62. The zero-order valence-electron chi connectivity index (χ0n) is 28.6. The largest absolute Gasteiger partial charge is 0.497 e. The summed E-state index contributed by atoms with van der Waals surface area (Å²) in [5.41, 5.74) is 9.25. The smallest absolute Gasteiger partial charge is 0.141 e. The molecule has 0 aliphatic heterocycles. The molecule has 6 aromatic rings. The fraction of sp³-hybridized carbons (Fsp3) is 0.300. The van der Waals surface area contributed by atoms with Crippen LogP contribution in [0.2, 0.25) is 0 Å². The summed E-state index contributed by atoms with van der Waals surface area (Å²) in [6, 6.07) is 25.3. The fourth-order valence-electron chi connectivity index (χ4n) is 7.62. The van der Waals surface area contributed by atoms with Gasteiger partial charge in [0.2, 0.25) is 0 Å². The van der Waals surface area contributed by atoms with Gasteiger partial charge in [-0.15, -0.1) is 0 Å². The summed E-state index contributed by atoms with van der Waals surface area (Å²) in [6.45, 7) is 11.1. The van der Waals surface area contributed by atoms with Crippen molar-refractivity contribution >= 4 is 21.8 Å². The Morgan fingerprint density at radius 1 is 0.830 bits per heavy atom. The standard InChI is InChI=1S/C40H43N5O2/c1-24-17-30(45-28(5)40(27(4)42-45)39-25(2)19-29(43(6)7)20-26(39)3)21-33(18-24)47-32-13-14-35-34-11-9-10-12-36(34)44(37(35)22-32)38-23-31(46-8)15-16-41-38/h9-19,21-23,26,29,39H,20H2,1-8H3/t26-,29-,39?/m0/s1. The average molecular weight is 626 g/mol. The maximum absolute atomic E-state index is 6.61. The average Bonchev–Trinajstić information content (AvgIpc) is 3.53. The van der Waals surface area contributed by atoms with E-state index in [0.717, 1.165) is 68.2 Å². The second-order valence-corrected chi connectivity index (χ2v) is 13.3. The molecule has 0 radical (unpaired) electrons.